The van der Waals surface area contributed by atoms with Crippen LogP contribution in [0, 0.1) is 0 Å². The number of carbonyl (C=O) groups excluding carboxylic acids is 1. The predicted molar refractivity (Wildman–Crippen MR) is 30.3 cm³/mol. The molecule has 38 valence electrons. The van der Waals surface area contributed by atoms with Gasteiger partial charge in [-0.3, -0.25) is 0 Å². The molecule has 0 unspecified atom stereocenters. The van der Waals surface area contributed by atoms with Crippen molar-refractivity contribution in [1.29, 1.82) is 0 Å². The second-order valence-corrected chi connectivity index (χ2v) is 1.48. The molecule has 0 bridgehead atoms. The van der Waals surface area contributed by atoms with Crippen LogP contribution in [0.1, 0.15) is 14.3 Å². The van der Waals surface area contributed by atoms with Crippen LogP contribution in [-0.4, -0.2) is 12.0 Å². The van der Waals surface area contributed by atoms with E-state index in [4.69, 9.17) is 0 Å². The van der Waals surface area contributed by atoms with Crippen LogP contribution in [0.2, 0.25) is 0 Å². The van der Waals surface area contributed by atoms with Crippen molar-refractivity contribution in [3.63, 3.8) is 0 Å². The first kappa shape index (κ1) is 10.9. The van der Waals surface area contributed by atoms with E-state index in [1.807, 2.05) is 0 Å². The van der Waals surface area contributed by atoms with Gasteiger partial charge in [0.15, 0.2) is 0 Å². The minimum absolute atomic E-state index is 0. The molecule has 0 saturated carbocycles. The molecule has 0 aromatic carbocycles. The Labute approximate surface area is 73.0 Å². The minimum Gasteiger partial charge on any atom is -1.00 e. The van der Waals surface area contributed by atoms with E-state index in [0.29, 0.717) is 6.42 Å². The molecule has 1 nitrogen and oxygen atoms in total. The van der Waals surface area contributed by atoms with Crippen molar-refractivity contribution in [3.05, 3.63) is 0 Å². The number of hydrogen-bond acceptors (Lipinski definition) is 2. The summed E-state index contributed by atoms with van der Waals surface area (Å²) in [5.41, 5.74) is 0. The maximum absolute atomic E-state index is 9.53. The van der Waals surface area contributed by atoms with E-state index in [1.54, 1.807) is 0 Å². The van der Waals surface area contributed by atoms with Crippen molar-refractivity contribution in [2.24, 2.45) is 0 Å². The second-order valence-electron chi connectivity index (χ2n) is 1.03. The summed E-state index contributed by atoms with van der Waals surface area (Å²) >= 11 is 3.90. The van der Waals surface area contributed by atoms with Crippen molar-refractivity contribution in [2.45, 2.75) is 12.8 Å². The Morgan fingerprint density at radius 1 is 1.71 bits per heavy atom. The van der Waals surface area contributed by atoms with Crippen molar-refractivity contribution >= 4 is 18.9 Å². The van der Waals surface area contributed by atoms with Crippen LogP contribution in [0.25, 0.3) is 0 Å². The molecule has 0 rings (SSSR count). The number of rotatable bonds is 3. The van der Waals surface area contributed by atoms with E-state index in [-0.39, 0.29) is 31.0 Å². The molecule has 0 atom stereocenters. The number of unbranched alkanes of at least 4 members (excludes halogenated alkanes) is 1. The van der Waals surface area contributed by atoms with Crippen molar-refractivity contribution in [2.75, 3.05) is 5.75 Å². The molecule has 0 aliphatic rings. The molecule has 0 amide bonds. The number of aldehydes is 1. The Kier molecular flexibility index (Phi) is 15.7. The molecule has 0 N–H and O–H groups in total. The summed E-state index contributed by atoms with van der Waals surface area (Å²) in [7, 11) is 0. The average Bonchev–Trinajstić information content (AvgIpc) is 1.61. The third-order valence-electron chi connectivity index (χ3n) is 0.480. The Morgan fingerprint density at radius 3 is 2.43 bits per heavy atom. The fraction of sp³-hybridized carbons (Fsp3) is 0.750. The summed E-state index contributed by atoms with van der Waals surface area (Å²) < 4.78 is 0. The zero-order chi connectivity index (χ0) is 4.83. The van der Waals surface area contributed by atoms with Crippen LogP contribution in [0.15, 0.2) is 0 Å². The number of carbonyl (C=O) groups is 1. The van der Waals surface area contributed by atoms with Gasteiger partial charge < -0.3 is 6.22 Å². The number of thiol groups is 1. The van der Waals surface area contributed by atoms with E-state index in [0.717, 1.165) is 18.5 Å². The van der Waals surface area contributed by atoms with Crippen molar-refractivity contribution in [3.8, 4) is 0 Å². The Morgan fingerprint density at radius 2 is 2.29 bits per heavy atom. The van der Waals surface area contributed by atoms with E-state index in [9.17, 15) is 4.79 Å². The Balaban J connectivity index is -0.000000125. The van der Waals surface area contributed by atoms with Gasteiger partial charge in [0, 0.05) is 6.42 Å². The fourth-order valence-electron chi connectivity index (χ4n) is 0.175. The van der Waals surface area contributed by atoms with Gasteiger partial charge in [-0.2, -0.15) is 12.6 Å². The van der Waals surface area contributed by atoms with Gasteiger partial charge in [-0.1, -0.05) is 0 Å². The molecule has 3 heteroatoms. The minimum atomic E-state index is 0. The molecule has 0 spiro atoms. The summed E-state index contributed by atoms with van der Waals surface area (Å²) in [6.45, 7) is 0. The summed E-state index contributed by atoms with van der Waals surface area (Å²) in [6, 6.07) is 0. The summed E-state index contributed by atoms with van der Waals surface area (Å²) in [5.74, 6) is 0.818. The molecule has 0 heterocycles. The first-order valence-electron chi connectivity index (χ1n) is 1.96. The van der Waals surface area contributed by atoms with Crippen LogP contribution in [0.3, 0.4) is 0 Å². The maximum atomic E-state index is 9.53. The van der Waals surface area contributed by atoms with Gasteiger partial charge in [-0.15, -0.1) is 0 Å². The zero-order valence-corrected chi connectivity index (χ0v) is 7.45. The maximum Gasteiger partial charge on any atom is 1.00 e. The van der Waals surface area contributed by atoms with Gasteiger partial charge in [0.1, 0.15) is 6.29 Å². The Bertz CT molecular complexity index is 45.0. The molecular weight excluding hydrogens is 119 g/mol. The standard InChI is InChI=1S/C4H8OS.Na.H/c5-3-1-2-4-6;;/h3,6H,1-2,4H2;;/q;+1;-1. The van der Waals surface area contributed by atoms with Gasteiger partial charge in [-0.25, -0.2) is 0 Å². The summed E-state index contributed by atoms with van der Waals surface area (Å²) in [6.07, 6.45) is 2.48. The average molecular weight is 128 g/mol. The first-order chi connectivity index (χ1) is 2.91. The van der Waals surface area contributed by atoms with Gasteiger partial charge >= 0.3 is 29.6 Å². The molecule has 0 fully saturated rings. The molecule has 0 aromatic heterocycles. The topological polar surface area (TPSA) is 17.1 Å². The molecule has 0 saturated heterocycles. The third-order valence-corrected chi connectivity index (χ3v) is 0.796. The predicted octanol–water partition coefficient (Wildman–Crippen LogP) is -1.99. The molecular formula is C4H9NaOS. The molecule has 0 radical (unpaired) electrons. The van der Waals surface area contributed by atoms with E-state index < -0.39 is 0 Å². The largest absolute Gasteiger partial charge is 1.00 e. The van der Waals surface area contributed by atoms with E-state index in [1.165, 1.54) is 0 Å². The zero-order valence-electron chi connectivity index (χ0n) is 5.55. The van der Waals surface area contributed by atoms with Crippen LogP contribution < -0.4 is 29.6 Å². The summed E-state index contributed by atoms with van der Waals surface area (Å²) in [5, 5.41) is 0. The molecule has 0 aliphatic heterocycles. The smallest absolute Gasteiger partial charge is 1.00 e. The molecule has 7 heavy (non-hydrogen) atoms. The van der Waals surface area contributed by atoms with Crippen molar-refractivity contribution in [1.82, 2.24) is 0 Å². The monoisotopic (exact) mass is 128 g/mol. The van der Waals surface area contributed by atoms with E-state index in [2.05, 4.69) is 12.6 Å². The fourth-order valence-corrected chi connectivity index (χ4v) is 0.357. The second kappa shape index (κ2) is 10.1. The first-order valence-corrected chi connectivity index (χ1v) is 2.59. The van der Waals surface area contributed by atoms with E-state index >= 15 is 0 Å². The van der Waals surface area contributed by atoms with Crippen molar-refractivity contribution < 1.29 is 35.8 Å². The van der Waals surface area contributed by atoms with Crippen LogP contribution >= 0.6 is 12.6 Å². The molecule has 0 aromatic rings. The quantitative estimate of drug-likeness (QED) is 0.201. The third kappa shape index (κ3) is 10.9. The van der Waals surface area contributed by atoms with Crippen LogP contribution in [0.5, 0.6) is 0 Å². The van der Waals surface area contributed by atoms with Gasteiger partial charge in [-0.05, 0) is 12.2 Å². The SMILES string of the molecule is O=CCCCS.[H-].[Na+]. The summed E-state index contributed by atoms with van der Waals surface area (Å²) in [4.78, 5) is 9.53. The van der Waals surface area contributed by atoms with Gasteiger partial charge in [0.05, 0.1) is 0 Å². The van der Waals surface area contributed by atoms with Gasteiger partial charge in [0.2, 0.25) is 0 Å². The normalized spacial score (nSPS) is 7.00. The number of hydrogen-bond donors (Lipinski definition) is 1. The van der Waals surface area contributed by atoms with Crippen LogP contribution in [0.4, 0.5) is 0 Å². The molecule has 0 aliphatic carbocycles. The Hall–Kier alpha value is 1.02. The van der Waals surface area contributed by atoms with Gasteiger partial charge in [0.25, 0.3) is 0 Å². The van der Waals surface area contributed by atoms with Crippen LogP contribution in [-0.2, 0) is 4.79 Å².